The van der Waals surface area contributed by atoms with Crippen LogP contribution in [0.5, 0.6) is 0 Å². The Morgan fingerprint density at radius 1 is 1.17 bits per heavy atom. The summed E-state index contributed by atoms with van der Waals surface area (Å²) >= 11 is 5.88. The largest absolute Gasteiger partial charge is 0.368 e. The summed E-state index contributed by atoms with van der Waals surface area (Å²) < 4.78 is 0. The molecule has 0 radical (unpaired) electrons. The third kappa shape index (κ3) is 2.62. The molecule has 1 heterocycles. The molecule has 0 aliphatic heterocycles. The van der Waals surface area contributed by atoms with Crippen LogP contribution in [0.1, 0.15) is 18.5 Å². The Morgan fingerprint density at radius 2 is 1.89 bits per heavy atom. The number of benzene rings is 1. The van der Waals surface area contributed by atoms with Crippen LogP contribution in [0.25, 0.3) is 11.3 Å². The van der Waals surface area contributed by atoms with Crippen LogP contribution in [0.4, 0.5) is 5.95 Å². The van der Waals surface area contributed by atoms with Gasteiger partial charge < -0.3 is 5.73 Å². The van der Waals surface area contributed by atoms with Crippen LogP contribution in [0, 0.1) is 5.92 Å². The highest BCUT2D eigenvalue weighted by Crippen LogP contribution is 2.33. The number of nitrogens with zero attached hydrogens (tertiary/aromatic N) is 2. The summed E-state index contributed by atoms with van der Waals surface area (Å²) in [5.41, 5.74) is 8.70. The van der Waals surface area contributed by atoms with Gasteiger partial charge in [-0.15, -0.1) is 0 Å². The molecular formula is C14H14ClN3. The molecule has 4 heteroatoms. The third-order valence-corrected chi connectivity index (χ3v) is 3.38. The summed E-state index contributed by atoms with van der Waals surface area (Å²) in [7, 11) is 0. The van der Waals surface area contributed by atoms with Crippen LogP contribution >= 0.6 is 11.6 Å². The lowest BCUT2D eigenvalue weighted by Crippen LogP contribution is -2.01. The van der Waals surface area contributed by atoms with Crippen LogP contribution in [-0.4, -0.2) is 9.97 Å². The van der Waals surface area contributed by atoms with E-state index in [1.54, 1.807) is 0 Å². The molecule has 0 amide bonds. The van der Waals surface area contributed by atoms with Crippen LogP contribution in [0.3, 0.4) is 0 Å². The predicted molar refractivity (Wildman–Crippen MR) is 73.3 cm³/mol. The van der Waals surface area contributed by atoms with Crippen LogP contribution in [0.2, 0.25) is 5.02 Å². The number of halogens is 1. The zero-order valence-electron chi connectivity index (χ0n) is 9.94. The highest BCUT2D eigenvalue weighted by molar-refractivity contribution is 6.30. The highest BCUT2D eigenvalue weighted by atomic mass is 35.5. The minimum atomic E-state index is 0.345. The van der Waals surface area contributed by atoms with Gasteiger partial charge in [-0.3, -0.25) is 0 Å². The molecule has 1 fully saturated rings. The van der Waals surface area contributed by atoms with Crippen LogP contribution in [-0.2, 0) is 6.42 Å². The van der Waals surface area contributed by atoms with Gasteiger partial charge in [-0.1, -0.05) is 23.7 Å². The number of hydrogen-bond acceptors (Lipinski definition) is 3. The van der Waals surface area contributed by atoms with Crippen LogP contribution < -0.4 is 5.73 Å². The third-order valence-electron chi connectivity index (χ3n) is 3.13. The smallest absolute Gasteiger partial charge is 0.220 e. The molecule has 1 aliphatic carbocycles. The average Bonchev–Trinajstić information content (AvgIpc) is 3.13. The molecular weight excluding hydrogens is 246 g/mol. The molecule has 1 saturated carbocycles. The maximum absolute atomic E-state index is 5.88. The Morgan fingerprint density at radius 3 is 2.56 bits per heavy atom. The number of aromatic nitrogens is 2. The first-order valence-corrected chi connectivity index (χ1v) is 6.48. The molecule has 92 valence electrons. The van der Waals surface area contributed by atoms with E-state index in [0.29, 0.717) is 5.95 Å². The van der Waals surface area contributed by atoms with Gasteiger partial charge in [-0.25, -0.2) is 9.97 Å². The predicted octanol–water partition coefficient (Wildman–Crippen LogP) is 3.33. The summed E-state index contributed by atoms with van der Waals surface area (Å²) in [4.78, 5) is 8.58. The maximum Gasteiger partial charge on any atom is 0.220 e. The normalized spacial score (nSPS) is 14.7. The molecule has 3 rings (SSSR count). The van der Waals surface area contributed by atoms with E-state index in [9.17, 15) is 0 Å². The molecule has 0 spiro atoms. The maximum atomic E-state index is 5.88. The van der Waals surface area contributed by atoms with Crippen molar-refractivity contribution in [2.75, 3.05) is 5.73 Å². The topological polar surface area (TPSA) is 51.8 Å². The Kier molecular flexibility index (Phi) is 2.92. The van der Waals surface area contributed by atoms with Crippen molar-refractivity contribution in [3.8, 4) is 11.3 Å². The van der Waals surface area contributed by atoms with Crippen molar-refractivity contribution in [2.24, 2.45) is 5.92 Å². The van der Waals surface area contributed by atoms with Gasteiger partial charge in [0, 0.05) is 16.3 Å². The zero-order chi connectivity index (χ0) is 12.5. The molecule has 1 aromatic heterocycles. The van der Waals surface area contributed by atoms with Crippen molar-refractivity contribution in [1.82, 2.24) is 9.97 Å². The second-order valence-corrected chi connectivity index (χ2v) is 5.19. The standard InChI is InChI=1S/C14H14ClN3/c15-11-5-3-10(4-6-11)13-8-12(7-9-1-2-9)17-14(16)18-13/h3-6,8-9H,1-2,7H2,(H2,16,17,18). The molecule has 2 aromatic rings. The van der Waals surface area contributed by atoms with Gasteiger partial charge in [0.1, 0.15) is 0 Å². The molecule has 18 heavy (non-hydrogen) atoms. The minimum absolute atomic E-state index is 0.345. The Hall–Kier alpha value is -1.61. The van der Waals surface area contributed by atoms with E-state index >= 15 is 0 Å². The summed E-state index contributed by atoms with van der Waals surface area (Å²) in [5, 5.41) is 0.721. The van der Waals surface area contributed by atoms with Crippen molar-refractivity contribution in [2.45, 2.75) is 19.3 Å². The molecule has 0 bridgehead atoms. The highest BCUT2D eigenvalue weighted by Gasteiger charge is 2.22. The SMILES string of the molecule is Nc1nc(CC2CC2)cc(-c2ccc(Cl)cc2)n1. The summed E-state index contributed by atoms with van der Waals surface area (Å²) in [6, 6.07) is 9.64. The number of nitrogens with two attached hydrogens (primary N) is 1. The lowest BCUT2D eigenvalue weighted by atomic mass is 10.1. The van der Waals surface area contributed by atoms with Crippen LogP contribution in [0.15, 0.2) is 30.3 Å². The second-order valence-electron chi connectivity index (χ2n) is 4.76. The quantitative estimate of drug-likeness (QED) is 0.920. The van der Waals surface area contributed by atoms with Gasteiger partial charge >= 0.3 is 0 Å². The minimum Gasteiger partial charge on any atom is -0.368 e. The number of anilines is 1. The molecule has 1 aromatic carbocycles. The Bertz CT molecular complexity index is 562. The van der Waals surface area contributed by atoms with Gasteiger partial charge in [0.15, 0.2) is 0 Å². The van der Waals surface area contributed by atoms with E-state index in [4.69, 9.17) is 17.3 Å². The van der Waals surface area contributed by atoms with E-state index in [1.807, 2.05) is 30.3 Å². The first-order valence-electron chi connectivity index (χ1n) is 6.10. The summed E-state index contributed by atoms with van der Waals surface area (Å²) in [5.74, 6) is 1.13. The molecule has 2 N–H and O–H groups in total. The van der Waals surface area contributed by atoms with Gasteiger partial charge in [-0.05, 0) is 43.4 Å². The van der Waals surface area contributed by atoms with Gasteiger partial charge in [-0.2, -0.15) is 0 Å². The first kappa shape index (κ1) is 11.5. The second kappa shape index (κ2) is 4.58. The average molecular weight is 260 g/mol. The fraction of sp³-hybridized carbons (Fsp3) is 0.286. The first-order chi connectivity index (χ1) is 8.70. The summed E-state index contributed by atoms with van der Waals surface area (Å²) in [6.07, 6.45) is 3.62. The molecule has 0 unspecified atom stereocenters. The molecule has 0 saturated heterocycles. The zero-order valence-corrected chi connectivity index (χ0v) is 10.7. The summed E-state index contributed by atoms with van der Waals surface area (Å²) in [6.45, 7) is 0. The van der Waals surface area contributed by atoms with Crippen molar-refractivity contribution in [3.05, 3.63) is 41.0 Å². The monoisotopic (exact) mass is 259 g/mol. The van der Waals surface area contributed by atoms with E-state index in [2.05, 4.69) is 9.97 Å². The fourth-order valence-electron chi connectivity index (χ4n) is 2.01. The van der Waals surface area contributed by atoms with Gasteiger partial charge in [0.05, 0.1) is 5.69 Å². The lowest BCUT2D eigenvalue weighted by molar-refractivity contribution is 0.802. The van der Waals surface area contributed by atoms with Crippen molar-refractivity contribution in [1.29, 1.82) is 0 Å². The number of rotatable bonds is 3. The Balaban J connectivity index is 1.94. The Labute approximate surface area is 111 Å². The fourth-order valence-corrected chi connectivity index (χ4v) is 2.13. The molecule has 1 aliphatic rings. The van der Waals surface area contributed by atoms with Gasteiger partial charge in [0.25, 0.3) is 0 Å². The van der Waals surface area contributed by atoms with E-state index in [1.165, 1.54) is 12.8 Å². The number of hydrogen-bond donors (Lipinski definition) is 1. The van der Waals surface area contributed by atoms with E-state index < -0.39 is 0 Å². The van der Waals surface area contributed by atoms with Crippen molar-refractivity contribution >= 4 is 17.5 Å². The van der Waals surface area contributed by atoms with Crippen molar-refractivity contribution < 1.29 is 0 Å². The van der Waals surface area contributed by atoms with Crippen molar-refractivity contribution in [3.63, 3.8) is 0 Å². The molecule has 0 atom stereocenters. The molecule has 3 nitrogen and oxygen atoms in total. The van der Waals surface area contributed by atoms with E-state index in [0.717, 1.165) is 34.3 Å². The van der Waals surface area contributed by atoms with Gasteiger partial charge in [0.2, 0.25) is 5.95 Å². The van der Waals surface area contributed by atoms with E-state index in [-0.39, 0.29) is 0 Å². The number of nitrogen functional groups attached to an aromatic ring is 1. The lowest BCUT2D eigenvalue weighted by Gasteiger charge is -2.05.